The summed E-state index contributed by atoms with van der Waals surface area (Å²) in [4.78, 5) is 25.8. The molecule has 0 spiro atoms. The fourth-order valence-corrected chi connectivity index (χ4v) is 5.42. The number of halogens is 2. The van der Waals surface area contributed by atoms with E-state index in [9.17, 15) is 19.1 Å². The number of aryl methyl sites for hydroxylation is 1. The quantitative estimate of drug-likeness (QED) is 0.503. The Morgan fingerprint density at radius 1 is 1.28 bits per heavy atom. The molecule has 1 aliphatic rings. The van der Waals surface area contributed by atoms with E-state index in [1.165, 1.54) is 30.8 Å². The predicted molar refractivity (Wildman–Crippen MR) is 112 cm³/mol. The Bertz CT molecular complexity index is 1140. The number of Topliss-reactive ketones (excluding diaryl/α,β-unsaturated/α-hetero) is 1. The molecule has 2 heterocycles. The predicted octanol–water partition coefficient (Wildman–Crippen LogP) is 6.00. The fourth-order valence-electron chi connectivity index (χ4n) is 4.10. The number of carbonyl (C=O) groups excluding carboxylic acids is 1. The van der Waals surface area contributed by atoms with E-state index in [1.54, 1.807) is 19.1 Å². The van der Waals surface area contributed by atoms with Crippen LogP contribution in [0.2, 0.25) is 5.02 Å². The molecule has 0 fully saturated rings. The van der Waals surface area contributed by atoms with E-state index in [1.807, 2.05) is 16.7 Å². The lowest BCUT2D eigenvalue weighted by Crippen LogP contribution is -2.17. The average Bonchev–Trinajstić information content (AvgIpc) is 3.22. The molecule has 2 aromatic carbocycles. The lowest BCUT2D eigenvalue weighted by atomic mass is 9.90. The highest BCUT2D eigenvalue weighted by atomic mass is 35.5. The molecule has 0 bridgehead atoms. The Labute approximate surface area is 176 Å². The number of benzene rings is 2. The van der Waals surface area contributed by atoms with Crippen LogP contribution < -0.4 is 0 Å². The van der Waals surface area contributed by atoms with Crippen molar-refractivity contribution in [1.82, 2.24) is 4.57 Å². The first kappa shape index (κ1) is 20.0. The van der Waals surface area contributed by atoms with E-state index in [0.29, 0.717) is 34.5 Å². The zero-order chi connectivity index (χ0) is 20.9. The standard InChI is InChI=1S/C22H19ClFNO3S/c1-11(22(27)28)16-7-8-25-18-10-14(24)9-17(12(2)26)19(18)21(20(16)25)29-15-5-3-13(23)4-6-15/h3-6,9-11,16H,7-8H2,1-2H3,(H,27,28). The number of carboxylic acids is 1. The third-order valence-electron chi connectivity index (χ3n) is 5.54. The minimum atomic E-state index is -0.867. The zero-order valence-electron chi connectivity index (χ0n) is 15.9. The van der Waals surface area contributed by atoms with Gasteiger partial charge in [0.1, 0.15) is 5.82 Å². The average molecular weight is 432 g/mol. The molecule has 1 aromatic heterocycles. The van der Waals surface area contributed by atoms with Crippen molar-refractivity contribution in [2.75, 3.05) is 0 Å². The van der Waals surface area contributed by atoms with Gasteiger partial charge in [-0.3, -0.25) is 9.59 Å². The number of carbonyl (C=O) groups is 2. The molecule has 1 N–H and O–H groups in total. The summed E-state index contributed by atoms with van der Waals surface area (Å²) in [5, 5.41) is 10.9. The maximum atomic E-state index is 14.3. The third kappa shape index (κ3) is 3.45. The number of nitrogens with zero attached hydrogens (tertiary/aromatic N) is 1. The van der Waals surface area contributed by atoms with Crippen LogP contribution in [0.5, 0.6) is 0 Å². The van der Waals surface area contributed by atoms with Crippen molar-refractivity contribution in [2.45, 2.75) is 42.5 Å². The summed E-state index contributed by atoms with van der Waals surface area (Å²) in [6, 6.07) is 10.0. The van der Waals surface area contributed by atoms with Crippen LogP contribution >= 0.6 is 23.4 Å². The van der Waals surface area contributed by atoms with Crippen LogP contribution in [0, 0.1) is 11.7 Å². The van der Waals surface area contributed by atoms with Crippen molar-refractivity contribution in [3.05, 3.63) is 58.5 Å². The molecule has 0 radical (unpaired) electrons. The van der Waals surface area contributed by atoms with Gasteiger partial charge in [-0.15, -0.1) is 0 Å². The number of rotatable bonds is 5. The van der Waals surface area contributed by atoms with Crippen LogP contribution in [0.25, 0.3) is 10.9 Å². The van der Waals surface area contributed by atoms with Crippen molar-refractivity contribution in [2.24, 2.45) is 5.92 Å². The first-order valence-corrected chi connectivity index (χ1v) is 10.5. The molecule has 29 heavy (non-hydrogen) atoms. The molecular weight excluding hydrogens is 413 g/mol. The summed E-state index contributed by atoms with van der Waals surface area (Å²) in [5.41, 5.74) is 1.82. The smallest absolute Gasteiger partial charge is 0.306 e. The Balaban J connectivity index is 2.00. The van der Waals surface area contributed by atoms with Gasteiger partial charge < -0.3 is 9.67 Å². The van der Waals surface area contributed by atoms with Crippen LogP contribution in [0.15, 0.2) is 46.2 Å². The number of aromatic nitrogens is 1. The molecule has 1 aliphatic heterocycles. The van der Waals surface area contributed by atoms with Gasteiger partial charge in [0.2, 0.25) is 0 Å². The second kappa shape index (κ2) is 7.50. The van der Waals surface area contributed by atoms with E-state index in [4.69, 9.17) is 11.6 Å². The van der Waals surface area contributed by atoms with E-state index in [0.717, 1.165) is 15.5 Å². The first-order valence-electron chi connectivity index (χ1n) is 9.30. The molecule has 4 rings (SSSR count). The van der Waals surface area contributed by atoms with E-state index in [-0.39, 0.29) is 11.7 Å². The van der Waals surface area contributed by atoms with Gasteiger partial charge in [0, 0.05) is 43.9 Å². The van der Waals surface area contributed by atoms with Crippen molar-refractivity contribution in [3.63, 3.8) is 0 Å². The first-order chi connectivity index (χ1) is 13.8. The minimum Gasteiger partial charge on any atom is -0.481 e. The van der Waals surface area contributed by atoms with E-state index < -0.39 is 17.7 Å². The summed E-state index contributed by atoms with van der Waals surface area (Å²) < 4.78 is 16.3. The van der Waals surface area contributed by atoms with Gasteiger partial charge in [-0.25, -0.2) is 4.39 Å². The van der Waals surface area contributed by atoms with Gasteiger partial charge in [0.15, 0.2) is 5.78 Å². The maximum Gasteiger partial charge on any atom is 0.306 e. The van der Waals surface area contributed by atoms with Crippen LogP contribution in [-0.4, -0.2) is 21.4 Å². The summed E-state index contributed by atoms with van der Waals surface area (Å²) >= 11 is 7.46. The largest absolute Gasteiger partial charge is 0.481 e. The highest BCUT2D eigenvalue weighted by molar-refractivity contribution is 7.99. The number of hydrogen-bond acceptors (Lipinski definition) is 3. The number of ketones is 1. The van der Waals surface area contributed by atoms with Crippen molar-refractivity contribution in [3.8, 4) is 0 Å². The van der Waals surface area contributed by atoms with Gasteiger partial charge in [-0.05, 0) is 49.7 Å². The highest BCUT2D eigenvalue weighted by Crippen LogP contribution is 2.49. The van der Waals surface area contributed by atoms with Gasteiger partial charge in [0.05, 0.1) is 11.4 Å². The second-order valence-electron chi connectivity index (χ2n) is 7.35. The summed E-state index contributed by atoms with van der Waals surface area (Å²) in [6.45, 7) is 3.71. The van der Waals surface area contributed by atoms with Gasteiger partial charge in [0.25, 0.3) is 0 Å². The highest BCUT2D eigenvalue weighted by Gasteiger charge is 2.37. The van der Waals surface area contributed by atoms with Gasteiger partial charge in [-0.1, -0.05) is 30.3 Å². The molecule has 0 saturated carbocycles. The normalized spacial score (nSPS) is 16.8. The molecule has 150 valence electrons. The van der Waals surface area contributed by atoms with Crippen molar-refractivity contribution >= 4 is 46.0 Å². The number of aliphatic carboxylic acids is 1. The van der Waals surface area contributed by atoms with Crippen molar-refractivity contribution in [1.29, 1.82) is 0 Å². The molecule has 0 saturated heterocycles. The molecule has 4 nitrogen and oxygen atoms in total. The molecule has 3 aromatic rings. The molecule has 2 atom stereocenters. The zero-order valence-corrected chi connectivity index (χ0v) is 17.5. The number of carboxylic acid groups (broad SMARTS) is 1. The molecule has 0 amide bonds. The summed E-state index contributed by atoms with van der Waals surface area (Å²) in [6.07, 6.45) is 0.666. The number of hydrogen-bond donors (Lipinski definition) is 1. The fraction of sp³-hybridized carbons (Fsp3) is 0.273. The topological polar surface area (TPSA) is 59.3 Å². The minimum absolute atomic E-state index is 0.211. The van der Waals surface area contributed by atoms with Crippen molar-refractivity contribution < 1.29 is 19.1 Å². The monoisotopic (exact) mass is 431 g/mol. The molecule has 0 aliphatic carbocycles. The van der Waals surface area contributed by atoms with Crippen LogP contribution in [0.3, 0.4) is 0 Å². The summed E-state index contributed by atoms with van der Waals surface area (Å²) in [7, 11) is 0. The summed E-state index contributed by atoms with van der Waals surface area (Å²) in [5.74, 6) is -2.36. The van der Waals surface area contributed by atoms with E-state index in [2.05, 4.69) is 0 Å². The lowest BCUT2D eigenvalue weighted by molar-refractivity contribution is -0.141. The molecular formula is C22H19ClFNO3S. The molecule has 2 unspecified atom stereocenters. The SMILES string of the molecule is CC(=O)c1cc(F)cc2c1c(Sc1ccc(Cl)cc1)c1n2CCC1C(C)C(=O)O. The second-order valence-corrected chi connectivity index (χ2v) is 8.87. The van der Waals surface area contributed by atoms with Gasteiger partial charge >= 0.3 is 5.97 Å². The maximum absolute atomic E-state index is 14.3. The van der Waals surface area contributed by atoms with Crippen LogP contribution in [0.1, 0.15) is 42.2 Å². The van der Waals surface area contributed by atoms with Crippen LogP contribution in [0.4, 0.5) is 4.39 Å². The Morgan fingerprint density at radius 2 is 1.97 bits per heavy atom. The van der Waals surface area contributed by atoms with Gasteiger partial charge in [-0.2, -0.15) is 0 Å². The third-order valence-corrected chi connectivity index (χ3v) is 6.92. The molecule has 7 heteroatoms. The Morgan fingerprint density at radius 3 is 2.59 bits per heavy atom. The number of fused-ring (bicyclic) bond motifs is 3. The Kier molecular flexibility index (Phi) is 5.17. The Hall–Kier alpha value is -2.31. The lowest BCUT2D eigenvalue weighted by Gasteiger charge is -2.17. The van der Waals surface area contributed by atoms with Crippen LogP contribution in [-0.2, 0) is 11.3 Å². The van der Waals surface area contributed by atoms with E-state index >= 15 is 0 Å².